The van der Waals surface area contributed by atoms with E-state index in [1.807, 2.05) is 36.6 Å². The molecule has 0 aliphatic rings. The lowest BCUT2D eigenvalue weighted by Gasteiger charge is -2.15. The SMILES string of the molecule is CSc1c(C(=O)c2ccccc2)c(Br)nn1COCC[Si](C)(C)C. The van der Waals surface area contributed by atoms with Crippen LogP contribution in [0.1, 0.15) is 15.9 Å². The van der Waals surface area contributed by atoms with Crippen molar-refractivity contribution in [1.29, 1.82) is 0 Å². The third-order valence-corrected chi connectivity index (χ3v) is 6.59. The van der Waals surface area contributed by atoms with Gasteiger partial charge in [0.1, 0.15) is 16.4 Å². The normalized spacial score (nSPS) is 11.7. The summed E-state index contributed by atoms with van der Waals surface area (Å²) in [5.74, 6) is -0.0276. The van der Waals surface area contributed by atoms with Crippen molar-refractivity contribution in [3.05, 3.63) is 46.1 Å². The van der Waals surface area contributed by atoms with Crippen molar-refractivity contribution in [2.24, 2.45) is 0 Å². The number of aromatic nitrogens is 2. The zero-order chi connectivity index (χ0) is 17.7. The van der Waals surface area contributed by atoms with Crippen LogP contribution >= 0.6 is 27.7 Å². The number of halogens is 1. The van der Waals surface area contributed by atoms with E-state index < -0.39 is 8.07 Å². The molecule has 0 fully saturated rings. The molecule has 0 unspecified atom stereocenters. The number of thioether (sulfide) groups is 1. The number of hydrogen-bond donors (Lipinski definition) is 0. The Labute approximate surface area is 157 Å². The fourth-order valence-corrected chi connectivity index (χ4v) is 4.31. The van der Waals surface area contributed by atoms with E-state index in [9.17, 15) is 4.79 Å². The van der Waals surface area contributed by atoms with Crippen LogP contribution in [0.25, 0.3) is 0 Å². The minimum atomic E-state index is -1.11. The monoisotopic (exact) mass is 426 g/mol. The van der Waals surface area contributed by atoms with E-state index in [0.29, 0.717) is 22.5 Å². The van der Waals surface area contributed by atoms with Gasteiger partial charge in [-0.2, -0.15) is 5.10 Å². The molecule has 0 bridgehead atoms. The van der Waals surface area contributed by atoms with Crippen LogP contribution in [0.3, 0.4) is 0 Å². The summed E-state index contributed by atoms with van der Waals surface area (Å²) in [5, 5.41) is 5.26. The highest BCUT2D eigenvalue weighted by molar-refractivity contribution is 9.10. The Balaban J connectivity index is 2.16. The molecule has 0 amide bonds. The lowest BCUT2D eigenvalue weighted by Crippen LogP contribution is -2.22. The van der Waals surface area contributed by atoms with E-state index >= 15 is 0 Å². The Morgan fingerprint density at radius 3 is 2.54 bits per heavy atom. The molecule has 1 aromatic heterocycles. The van der Waals surface area contributed by atoms with Crippen molar-refractivity contribution >= 4 is 41.5 Å². The van der Waals surface area contributed by atoms with Crippen LogP contribution in [0, 0.1) is 0 Å². The Bertz CT molecular complexity index is 699. The molecular formula is C17H23BrN2O2SSi. The van der Waals surface area contributed by atoms with Gasteiger partial charge in [0.2, 0.25) is 0 Å². The lowest BCUT2D eigenvalue weighted by atomic mass is 10.1. The van der Waals surface area contributed by atoms with Crippen LogP contribution < -0.4 is 0 Å². The van der Waals surface area contributed by atoms with Crippen molar-refractivity contribution in [2.45, 2.75) is 37.4 Å². The molecule has 0 saturated carbocycles. The average molecular weight is 427 g/mol. The smallest absolute Gasteiger partial charge is 0.198 e. The Morgan fingerprint density at radius 1 is 1.29 bits per heavy atom. The van der Waals surface area contributed by atoms with Crippen LogP contribution in [0.5, 0.6) is 0 Å². The van der Waals surface area contributed by atoms with Gasteiger partial charge in [0, 0.05) is 20.2 Å². The summed E-state index contributed by atoms with van der Waals surface area (Å²) in [7, 11) is -1.11. The molecular weight excluding hydrogens is 404 g/mol. The first-order valence-corrected chi connectivity index (χ1v) is 13.5. The summed E-state index contributed by atoms with van der Waals surface area (Å²) < 4.78 is 8.11. The minimum Gasteiger partial charge on any atom is -0.359 e. The van der Waals surface area contributed by atoms with E-state index in [4.69, 9.17) is 4.74 Å². The largest absolute Gasteiger partial charge is 0.359 e. The molecule has 1 aromatic carbocycles. The fraction of sp³-hybridized carbons (Fsp3) is 0.412. The molecule has 7 heteroatoms. The van der Waals surface area contributed by atoms with Gasteiger partial charge in [-0.15, -0.1) is 11.8 Å². The summed E-state index contributed by atoms with van der Waals surface area (Å²) in [6.45, 7) is 8.06. The number of rotatable bonds is 8. The summed E-state index contributed by atoms with van der Waals surface area (Å²) in [5.41, 5.74) is 1.26. The summed E-state index contributed by atoms with van der Waals surface area (Å²) in [4.78, 5) is 12.8. The molecule has 24 heavy (non-hydrogen) atoms. The quantitative estimate of drug-likeness (QED) is 0.260. The van der Waals surface area contributed by atoms with E-state index in [1.54, 1.807) is 4.68 Å². The number of carbonyl (C=O) groups is 1. The van der Waals surface area contributed by atoms with Gasteiger partial charge in [-0.05, 0) is 28.2 Å². The highest BCUT2D eigenvalue weighted by Crippen LogP contribution is 2.29. The first kappa shape index (κ1) is 19.4. The number of carbonyl (C=O) groups excluding carboxylic acids is 1. The van der Waals surface area contributed by atoms with E-state index in [2.05, 4.69) is 40.7 Å². The van der Waals surface area contributed by atoms with Crippen LogP contribution in [-0.4, -0.2) is 36.5 Å². The first-order chi connectivity index (χ1) is 11.3. The second-order valence-corrected chi connectivity index (χ2v) is 13.9. The van der Waals surface area contributed by atoms with Crippen LogP contribution in [-0.2, 0) is 11.5 Å². The maximum atomic E-state index is 12.8. The van der Waals surface area contributed by atoms with Gasteiger partial charge in [-0.1, -0.05) is 50.0 Å². The van der Waals surface area contributed by atoms with Gasteiger partial charge >= 0.3 is 0 Å². The molecule has 0 aliphatic carbocycles. The zero-order valence-electron chi connectivity index (χ0n) is 14.5. The number of hydrogen-bond acceptors (Lipinski definition) is 4. The Hall–Kier alpha value is -0.893. The first-order valence-electron chi connectivity index (χ1n) is 7.81. The summed E-state index contributed by atoms with van der Waals surface area (Å²) in [6, 6.07) is 10.4. The van der Waals surface area contributed by atoms with Crippen molar-refractivity contribution in [3.63, 3.8) is 0 Å². The van der Waals surface area contributed by atoms with E-state index in [0.717, 1.165) is 17.7 Å². The average Bonchev–Trinajstić information content (AvgIpc) is 2.86. The van der Waals surface area contributed by atoms with Crippen molar-refractivity contribution in [2.75, 3.05) is 12.9 Å². The van der Waals surface area contributed by atoms with Gasteiger partial charge in [0.25, 0.3) is 0 Å². The molecule has 0 N–H and O–H groups in total. The van der Waals surface area contributed by atoms with Crippen LogP contribution in [0.15, 0.2) is 40.0 Å². The predicted molar refractivity (Wildman–Crippen MR) is 106 cm³/mol. The van der Waals surface area contributed by atoms with Gasteiger partial charge in [0.15, 0.2) is 5.78 Å². The fourth-order valence-electron chi connectivity index (χ4n) is 2.17. The van der Waals surface area contributed by atoms with E-state index in [1.165, 1.54) is 11.8 Å². The predicted octanol–water partition coefficient (Wildman–Crippen LogP) is 4.91. The zero-order valence-corrected chi connectivity index (χ0v) is 17.9. The van der Waals surface area contributed by atoms with Gasteiger partial charge in [0.05, 0.1) is 5.56 Å². The second kappa shape index (κ2) is 8.47. The number of benzene rings is 1. The molecule has 0 aliphatic heterocycles. The molecule has 0 saturated heterocycles. The molecule has 2 rings (SSSR count). The molecule has 0 atom stereocenters. The highest BCUT2D eigenvalue weighted by Gasteiger charge is 2.23. The van der Waals surface area contributed by atoms with Crippen LogP contribution in [0.4, 0.5) is 0 Å². The molecule has 4 nitrogen and oxygen atoms in total. The minimum absolute atomic E-state index is 0.0276. The standard InChI is InChI=1S/C17H23BrN2O2SSi/c1-23-17-14(15(21)13-8-6-5-7-9-13)16(18)19-20(17)12-22-10-11-24(2,3)4/h5-9H,10-12H2,1-4H3. The second-order valence-electron chi connectivity index (χ2n) is 6.72. The molecule has 130 valence electrons. The molecule has 2 aromatic rings. The van der Waals surface area contributed by atoms with Crippen LogP contribution in [0.2, 0.25) is 25.7 Å². The topological polar surface area (TPSA) is 44.1 Å². The number of ether oxygens (including phenoxy) is 1. The Morgan fingerprint density at radius 2 is 1.96 bits per heavy atom. The van der Waals surface area contributed by atoms with Crippen molar-refractivity contribution in [1.82, 2.24) is 9.78 Å². The maximum Gasteiger partial charge on any atom is 0.198 e. The third kappa shape index (κ3) is 5.05. The summed E-state index contributed by atoms with van der Waals surface area (Å²) >= 11 is 4.94. The van der Waals surface area contributed by atoms with Gasteiger partial charge in [-0.3, -0.25) is 4.79 Å². The van der Waals surface area contributed by atoms with E-state index in [-0.39, 0.29) is 5.78 Å². The van der Waals surface area contributed by atoms with Gasteiger partial charge in [-0.25, -0.2) is 4.68 Å². The lowest BCUT2D eigenvalue weighted by molar-refractivity contribution is 0.0722. The molecule has 1 heterocycles. The molecule has 0 spiro atoms. The summed E-state index contributed by atoms with van der Waals surface area (Å²) in [6.07, 6.45) is 1.95. The van der Waals surface area contributed by atoms with Crippen molar-refractivity contribution in [3.8, 4) is 0 Å². The van der Waals surface area contributed by atoms with Crippen molar-refractivity contribution < 1.29 is 9.53 Å². The maximum absolute atomic E-state index is 12.8. The van der Waals surface area contributed by atoms with Gasteiger partial charge < -0.3 is 4.74 Å². The Kier molecular flexibility index (Phi) is 6.85. The number of nitrogens with zero attached hydrogens (tertiary/aromatic N) is 2. The molecule has 0 radical (unpaired) electrons. The highest BCUT2D eigenvalue weighted by atomic mass is 79.9. The number of ketones is 1. The third-order valence-electron chi connectivity index (χ3n) is 3.53.